The first-order valence-corrected chi connectivity index (χ1v) is 7.27. The summed E-state index contributed by atoms with van der Waals surface area (Å²) in [5.41, 5.74) is 2.37. The molecule has 1 aliphatic rings. The number of aliphatic hydroxyl groups is 1. The first-order valence-electron chi connectivity index (χ1n) is 7.27. The predicted octanol–water partition coefficient (Wildman–Crippen LogP) is 4.69. The third-order valence-corrected chi connectivity index (χ3v) is 4.75. The van der Waals surface area contributed by atoms with Crippen molar-refractivity contribution in [3.63, 3.8) is 0 Å². The van der Waals surface area contributed by atoms with Crippen LogP contribution >= 0.6 is 0 Å². The van der Waals surface area contributed by atoms with Gasteiger partial charge in [0.05, 0.1) is 6.10 Å². The molecular formula is C17H25FO. The van der Waals surface area contributed by atoms with Gasteiger partial charge >= 0.3 is 0 Å². The zero-order valence-electron chi connectivity index (χ0n) is 12.5. The van der Waals surface area contributed by atoms with Gasteiger partial charge < -0.3 is 5.11 Å². The molecule has 1 N–H and O–H groups in total. The zero-order chi connectivity index (χ0) is 14.2. The molecular weight excluding hydrogens is 239 g/mol. The van der Waals surface area contributed by atoms with Crippen LogP contribution in [-0.4, -0.2) is 5.11 Å². The van der Waals surface area contributed by atoms with E-state index < -0.39 is 6.10 Å². The molecule has 0 spiro atoms. The van der Waals surface area contributed by atoms with Gasteiger partial charge in [0, 0.05) is 5.56 Å². The van der Waals surface area contributed by atoms with Gasteiger partial charge in [-0.05, 0) is 55.2 Å². The Kier molecular flexibility index (Phi) is 4.00. The molecule has 1 aromatic carbocycles. The Labute approximate surface area is 115 Å². The van der Waals surface area contributed by atoms with Crippen molar-refractivity contribution in [2.45, 2.75) is 59.5 Å². The summed E-state index contributed by atoms with van der Waals surface area (Å²) in [6.45, 7) is 8.17. The summed E-state index contributed by atoms with van der Waals surface area (Å²) >= 11 is 0. The van der Waals surface area contributed by atoms with Gasteiger partial charge in [0.2, 0.25) is 0 Å². The lowest BCUT2D eigenvalue weighted by molar-refractivity contribution is 0.00165. The van der Waals surface area contributed by atoms with Crippen molar-refractivity contribution in [2.75, 3.05) is 0 Å². The lowest BCUT2D eigenvalue weighted by atomic mass is 9.65. The van der Waals surface area contributed by atoms with Gasteiger partial charge in [-0.25, -0.2) is 4.39 Å². The van der Waals surface area contributed by atoms with Crippen LogP contribution in [0.2, 0.25) is 0 Å². The van der Waals surface area contributed by atoms with Gasteiger partial charge in [-0.15, -0.1) is 0 Å². The maximum atomic E-state index is 14.2. The summed E-state index contributed by atoms with van der Waals surface area (Å²) in [4.78, 5) is 0. The maximum Gasteiger partial charge on any atom is 0.129 e. The zero-order valence-corrected chi connectivity index (χ0v) is 12.5. The fourth-order valence-corrected chi connectivity index (χ4v) is 3.61. The fraction of sp³-hybridized carbons (Fsp3) is 0.647. The Hall–Kier alpha value is -0.890. The Morgan fingerprint density at radius 2 is 1.95 bits per heavy atom. The number of aryl methyl sites for hydroxylation is 2. The summed E-state index contributed by atoms with van der Waals surface area (Å²) in [7, 11) is 0. The van der Waals surface area contributed by atoms with Gasteiger partial charge in [0.15, 0.2) is 0 Å². The topological polar surface area (TPSA) is 20.2 Å². The van der Waals surface area contributed by atoms with E-state index in [2.05, 4.69) is 13.8 Å². The molecule has 0 aliphatic heterocycles. The summed E-state index contributed by atoms with van der Waals surface area (Å²) in [5.74, 6) is -0.108. The van der Waals surface area contributed by atoms with Crippen molar-refractivity contribution >= 4 is 0 Å². The van der Waals surface area contributed by atoms with Crippen molar-refractivity contribution in [2.24, 2.45) is 11.3 Å². The second-order valence-corrected chi connectivity index (χ2v) is 6.76. The van der Waals surface area contributed by atoms with Crippen molar-refractivity contribution in [3.05, 3.63) is 34.6 Å². The third-order valence-electron chi connectivity index (χ3n) is 4.75. The number of rotatable bonds is 2. The summed E-state index contributed by atoms with van der Waals surface area (Å²) < 4.78 is 14.2. The van der Waals surface area contributed by atoms with Gasteiger partial charge in [-0.3, -0.25) is 0 Å². The molecule has 0 bridgehead atoms. The molecule has 2 rings (SSSR count). The van der Waals surface area contributed by atoms with E-state index in [4.69, 9.17) is 0 Å². The van der Waals surface area contributed by atoms with Gasteiger partial charge in [0.1, 0.15) is 5.82 Å². The molecule has 0 aromatic heterocycles. The number of halogens is 1. The van der Waals surface area contributed by atoms with Crippen molar-refractivity contribution < 1.29 is 9.50 Å². The molecule has 2 unspecified atom stereocenters. The first kappa shape index (κ1) is 14.5. The highest BCUT2D eigenvalue weighted by atomic mass is 19.1. The summed E-state index contributed by atoms with van der Waals surface area (Å²) in [5, 5.41) is 10.7. The molecule has 0 heterocycles. The number of hydrogen-bond acceptors (Lipinski definition) is 1. The second-order valence-electron chi connectivity index (χ2n) is 6.76. The number of hydrogen-bond donors (Lipinski definition) is 1. The highest BCUT2D eigenvalue weighted by Crippen LogP contribution is 2.47. The second kappa shape index (κ2) is 5.24. The Morgan fingerprint density at radius 3 is 2.53 bits per heavy atom. The molecule has 1 nitrogen and oxygen atoms in total. The van der Waals surface area contributed by atoms with E-state index in [1.165, 1.54) is 12.5 Å². The number of aliphatic hydroxyl groups excluding tert-OH is 1. The fourth-order valence-electron chi connectivity index (χ4n) is 3.61. The lowest BCUT2D eigenvalue weighted by Crippen LogP contribution is -2.33. The molecule has 1 fully saturated rings. The highest BCUT2D eigenvalue weighted by molar-refractivity contribution is 5.34. The monoisotopic (exact) mass is 264 g/mol. The van der Waals surface area contributed by atoms with E-state index in [1.807, 2.05) is 19.9 Å². The minimum Gasteiger partial charge on any atom is -0.388 e. The van der Waals surface area contributed by atoms with E-state index in [-0.39, 0.29) is 17.2 Å². The molecule has 0 radical (unpaired) electrons. The molecule has 1 saturated carbocycles. The normalized spacial score (nSPS) is 24.2. The summed E-state index contributed by atoms with van der Waals surface area (Å²) in [6, 6.07) is 3.48. The SMILES string of the molecule is Cc1cc(C)c(C(O)C2CCCCC2(C)C)c(F)c1. The van der Waals surface area contributed by atoms with Crippen molar-refractivity contribution in [3.8, 4) is 0 Å². The van der Waals surface area contributed by atoms with E-state index in [0.29, 0.717) is 5.56 Å². The van der Waals surface area contributed by atoms with Crippen molar-refractivity contribution in [1.29, 1.82) is 0 Å². The van der Waals surface area contributed by atoms with Crippen LogP contribution in [0.25, 0.3) is 0 Å². The summed E-state index contributed by atoms with van der Waals surface area (Å²) in [6.07, 6.45) is 3.77. The van der Waals surface area contributed by atoms with Crippen LogP contribution in [0, 0.1) is 31.0 Å². The van der Waals surface area contributed by atoms with Crippen LogP contribution in [0.1, 0.15) is 62.3 Å². The van der Waals surface area contributed by atoms with Gasteiger partial charge in [-0.2, -0.15) is 0 Å². The molecule has 0 amide bonds. The molecule has 0 saturated heterocycles. The average molecular weight is 264 g/mol. The third kappa shape index (κ3) is 2.84. The maximum absolute atomic E-state index is 14.2. The highest BCUT2D eigenvalue weighted by Gasteiger charge is 2.38. The quantitative estimate of drug-likeness (QED) is 0.821. The number of benzene rings is 1. The molecule has 19 heavy (non-hydrogen) atoms. The van der Waals surface area contributed by atoms with Gasteiger partial charge in [0.25, 0.3) is 0 Å². The minimum absolute atomic E-state index is 0.0848. The lowest BCUT2D eigenvalue weighted by Gasteiger charge is -2.41. The van der Waals surface area contributed by atoms with E-state index >= 15 is 0 Å². The Bertz CT molecular complexity index is 441. The molecule has 1 aromatic rings. The smallest absolute Gasteiger partial charge is 0.129 e. The molecule has 106 valence electrons. The molecule has 2 heteroatoms. The van der Waals surface area contributed by atoms with Crippen LogP contribution in [0.3, 0.4) is 0 Å². The van der Waals surface area contributed by atoms with Crippen LogP contribution in [-0.2, 0) is 0 Å². The molecule has 2 atom stereocenters. The van der Waals surface area contributed by atoms with E-state index in [0.717, 1.165) is 30.4 Å². The molecule has 1 aliphatic carbocycles. The van der Waals surface area contributed by atoms with E-state index in [9.17, 15) is 9.50 Å². The largest absolute Gasteiger partial charge is 0.388 e. The Morgan fingerprint density at radius 1 is 1.26 bits per heavy atom. The predicted molar refractivity (Wildman–Crippen MR) is 76.6 cm³/mol. The van der Waals surface area contributed by atoms with Crippen LogP contribution in [0.4, 0.5) is 4.39 Å². The van der Waals surface area contributed by atoms with Crippen molar-refractivity contribution in [1.82, 2.24) is 0 Å². The van der Waals surface area contributed by atoms with Crippen LogP contribution < -0.4 is 0 Å². The van der Waals surface area contributed by atoms with Gasteiger partial charge in [-0.1, -0.05) is 32.8 Å². The Balaban J connectivity index is 2.36. The standard InChI is InChI=1S/C17H25FO/c1-11-9-12(2)15(14(18)10-11)16(19)13-7-5-6-8-17(13,3)4/h9-10,13,16,19H,5-8H2,1-4H3. The van der Waals surface area contributed by atoms with Crippen LogP contribution in [0.15, 0.2) is 12.1 Å². The average Bonchev–Trinajstić information content (AvgIpc) is 2.26. The first-order chi connectivity index (χ1) is 8.83. The minimum atomic E-state index is -0.684. The van der Waals surface area contributed by atoms with E-state index in [1.54, 1.807) is 0 Å². The van der Waals surface area contributed by atoms with Crippen LogP contribution in [0.5, 0.6) is 0 Å².